The third kappa shape index (κ3) is 5.64. The zero-order valence-corrected chi connectivity index (χ0v) is 20.7. The van der Waals surface area contributed by atoms with Crippen molar-refractivity contribution in [2.75, 3.05) is 31.3 Å². The van der Waals surface area contributed by atoms with E-state index in [-0.39, 0.29) is 23.7 Å². The molecule has 0 bridgehead atoms. The molecule has 0 unspecified atom stereocenters. The van der Waals surface area contributed by atoms with Crippen LogP contribution in [-0.2, 0) is 11.2 Å². The average Bonchev–Trinajstić information content (AvgIpc) is 3.70. The highest BCUT2D eigenvalue weighted by Crippen LogP contribution is 2.48. The van der Waals surface area contributed by atoms with Crippen LogP contribution in [0.25, 0.3) is 10.8 Å². The Kier molecular flexibility index (Phi) is 6.83. The van der Waals surface area contributed by atoms with E-state index >= 15 is 0 Å². The van der Waals surface area contributed by atoms with Crippen LogP contribution < -0.4 is 10.6 Å². The molecule has 2 N–H and O–H groups in total. The molecule has 0 heterocycles. The highest BCUT2D eigenvalue weighted by atomic mass is 16.2. The van der Waals surface area contributed by atoms with E-state index in [9.17, 15) is 9.59 Å². The second-order valence-corrected chi connectivity index (χ2v) is 9.83. The van der Waals surface area contributed by atoms with Gasteiger partial charge in [0.2, 0.25) is 5.91 Å². The molecule has 1 saturated carbocycles. The Morgan fingerprint density at radius 2 is 1.50 bits per heavy atom. The number of rotatable bonds is 8. The highest BCUT2D eigenvalue weighted by Gasteiger charge is 2.43. The Bertz CT molecular complexity index is 1380. The summed E-state index contributed by atoms with van der Waals surface area (Å²) >= 11 is 0. The van der Waals surface area contributed by atoms with Crippen molar-refractivity contribution in [1.29, 1.82) is 0 Å². The monoisotopic (exact) mass is 477 g/mol. The van der Waals surface area contributed by atoms with E-state index in [4.69, 9.17) is 0 Å². The topological polar surface area (TPSA) is 61.4 Å². The Balaban J connectivity index is 1.15. The molecule has 4 aromatic carbocycles. The average molecular weight is 478 g/mol. The van der Waals surface area contributed by atoms with Crippen LogP contribution in [0.1, 0.15) is 33.8 Å². The molecule has 0 radical (unpaired) electrons. The number of fused-ring (bicyclic) bond motifs is 1. The van der Waals surface area contributed by atoms with Gasteiger partial charge in [0.05, 0.1) is 0 Å². The molecule has 182 valence electrons. The number of amides is 2. The van der Waals surface area contributed by atoms with E-state index < -0.39 is 0 Å². The van der Waals surface area contributed by atoms with Crippen LogP contribution in [0.5, 0.6) is 0 Å². The van der Waals surface area contributed by atoms with Crippen molar-refractivity contribution in [3.8, 4) is 0 Å². The van der Waals surface area contributed by atoms with E-state index in [0.29, 0.717) is 5.56 Å². The van der Waals surface area contributed by atoms with Gasteiger partial charge in [-0.2, -0.15) is 0 Å². The van der Waals surface area contributed by atoms with Crippen molar-refractivity contribution in [1.82, 2.24) is 4.90 Å². The Morgan fingerprint density at radius 3 is 2.22 bits per heavy atom. The molecule has 0 aliphatic heterocycles. The molecule has 1 aliphatic rings. The fraction of sp³-hybridized carbons (Fsp3) is 0.226. The first kappa shape index (κ1) is 23.8. The summed E-state index contributed by atoms with van der Waals surface area (Å²) < 4.78 is 0. The maximum Gasteiger partial charge on any atom is 0.255 e. The summed E-state index contributed by atoms with van der Waals surface area (Å²) in [6, 6.07) is 29.7. The molecule has 2 atom stereocenters. The molecule has 5 rings (SSSR count). The summed E-state index contributed by atoms with van der Waals surface area (Å²) in [5.74, 6) is 0.0644. The van der Waals surface area contributed by atoms with Crippen LogP contribution in [0.3, 0.4) is 0 Å². The zero-order valence-electron chi connectivity index (χ0n) is 20.7. The second-order valence-electron chi connectivity index (χ2n) is 9.83. The van der Waals surface area contributed by atoms with E-state index in [2.05, 4.69) is 47.8 Å². The van der Waals surface area contributed by atoms with Gasteiger partial charge in [-0.1, -0.05) is 54.6 Å². The first-order valence-electron chi connectivity index (χ1n) is 12.4. The van der Waals surface area contributed by atoms with Crippen molar-refractivity contribution in [3.63, 3.8) is 0 Å². The molecule has 2 amide bonds. The van der Waals surface area contributed by atoms with E-state index in [1.54, 1.807) is 0 Å². The van der Waals surface area contributed by atoms with Gasteiger partial charge in [0.15, 0.2) is 0 Å². The molecule has 5 heteroatoms. The zero-order chi connectivity index (χ0) is 25.1. The summed E-state index contributed by atoms with van der Waals surface area (Å²) in [5, 5.41) is 8.29. The maximum absolute atomic E-state index is 12.8. The smallest absolute Gasteiger partial charge is 0.255 e. The second kappa shape index (κ2) is 10.3. The van der Waals surface area contributed by atoms with Gasteiger partial charge in [-0.05, 0) is 91.2 Å². The number of hydrogen-bond acceptors (Lipinski definition) is 3. The summed E-state index contributed by atoms with van der Waals surface area (Å²) in [6.07, 6.45) is 1.80. The largest absolute Gasteiger partial charge is 0.326 e. The highest BCUT2D eigenvalue weighted by molar-refractivity contribution is 6.04. The van der Waals surface area contributed by atoms with Crippen molar-refractivity contribution in [2.24, 2.45) is 5.92 Å². The standard InChI is InChI=1S/C31H31N3O2/c1-34(2)18-17-21-7-14-26(15-8-21)32-30(35)24-11-9-23(10-12-24)28-20-29(28)31(36)33-27-16-13-22-5-3-4-6-25(22)19-27/h3-16,19,28-29H,17-18,20H2,1-2H3,(H,32,35)(H,33,36)/t28-,29+/m0/s1. The summed E-state index contributed by atoms with van der Waals surface area (Å²) in [5.41, 5.74) is 4.55. The molecule has 4 aromatic rings. The predicted octanol–water partition coefficient (Wildman–Crippen LogP) is 5.94. The minimum Gasteiger partial charge on any atom is -0.326 e. The molecule has 1 fully saturated rings. The van der Waals surface area contributed by atoms with Gasteiger partial charge in [0.1, 0.15) is 0 Å². The van der Waals surface area contributed by atoms with Crippen LogP contribution in [0.2, 0.25) is 0 Å². The summed E-state index contributed by atoms with van der Waals surface area (Å²) in [6.45, 7) is 0.991. The first-order chi connectivity index (χ1) is 17.5. The Labute approximate surface area is 212 Å². The summed E-state index contributed by atoms with van der Waals surface area (Å²) in [4.78, 5) is 27.6. The number of carbonyl (C=O) groups is 2. The van der Waals surface area contributed by atoms with Crippen molar-refractivity contribution in [2.45, 2.75) is 18.8 Å². The lowest BCUT2D eigenvalue weighted by molar-refractivity contribution is -0.117. The third-order valence-corrected chi connectivity index (χ3v) is 6.80. The van der Waals surface area contributed by atoms with E-state index in [1.807, 2.05) is 72.8 Å². The molecule has 5 nitrogen and oxygen atoms in total. The fourth-order valence-electron chi connectivity index (χ4n) is 4.55. The number of likely N-dealkylation sites (N-methyl/N-ethyl adjacent to an activating group) is 1. The maximum atomic E-state index is 12.8. The summed E-state index contributed by atoms with van der Waals surface area (Å²) in [7, 11) is 4.12. The first-order valence-corrected chi connectivity index (χ1v) is 12.4. The number of nitrogens with one attached hydrogen (secondary N) is 2. The van der Waals surface area contributed by atoms with Crippen LogP contribution >= 0.6 is 0 Å². The lowest BCUT2D eigenvalue weighted by Crippen LogP contribution is -2.15. The van der Waals surface area contributed by atoms with Crippen molar-refractivity contribution < 1.29 is 9.59 Å². The van der Waals surface area contributed by atoms with Gasteiger partial charge >= 0.3 is 0 Å². The number of nitrogens with zero attached hydrogens (tertiary/aromatic N) is 1. The predicted molar refractivity (Wildman–Crippen MR) is 147 cm³/mol. The lowest BCUT2D eigenvalue weighted by Gasteiger charge is -2.10. The molecule has 0 spiro atoms. The van der Waals surface area contributed by atoms with Crippen molar-refractivity contribution >= 4 is 34.0 Å². The van der Waals surface area contributed by atoms with Crippen LogP contribution in [0.15, 0.2) is 91.0 Å². The minimum absolute atomic E-state index is 0.0397. The van der Waals surface area contributed by atoms with Crippen LogP contribution in [0, 0.1) is 5.92 Å². The Morgan fingerprint density at radius 1 is 0.806 bits per heavy atom. The van der Waals surface area contributed by atoms with Gasteiger partial charge in [-0.3, -0.25) is 9.59 Å². The normalized spacial score (nSPS) is 16.6. The SMILES string of the molecule is CN(C)CCc1ccc(NC(=O)c2ccc([C@@H]3C[C@H]3C(=O)Nc3ccc4ccccc4c3)cc2)cc1. The van der Waals surface area contributed by atoms with Crippen LogP contribution in [-0.4, -0.2) is 37.4 Å². The number of carbonyl (C=O) groups excluding carboxylic acids is 2. The number of anilines is 2. The van der Waals surface area contributed by atoms with Gasteiger partial charge in [0, 0.05) is 29.4 Å². The van der Waals surface area contributed by atoms with Gasteiger partial charge in [-0.25, -0.2) is 0 Å². The third-order valence-electron chi connectivity index (χ3n) is 6.80. The molecule has 0 saturated heterocycles. The minimum atomic E-state index is -0.135. The van der Waals surface area contributed by atoms with E-state index in [1.165, 1.54) is 5.56 Å². The quantitative estimate of drug-likeness (QED) is 0.330. The van der Waals surface area contributed by atoms with Gasteiger partial charge in [0.25, 0.3) is 5.91 Å². The molecule has 0 aromatic heterocycles. The molecular weight excluding hydrogens is 446 g/mol. The molecule has 36 heavy (non-hydrogen) atoms. The molecule has 1 aliphatic carbocycles. The Hall–Kier alpha value is -3.96. The lowest BCUT2D eigenvalue weighted by atomic mass is 10.1. The van der Waals surface area contributed by atoms with Gasteiger partial charge < -0.3 is 15.5 Å². The number of hydrogen-bond donors (Lipinski definition) is 2. The fourth-order valence-corrected chi connectivity index (χ4v) is 4.55. The van der Waals surface area contributed by atoms with Crippen LogP contribution in [0.4, 0.5) is 11.4 Å². The van der Waals surface area contributed by atoms with Crippen molar-refractivity contribution in [3.05, 3.63) is 108 Å². The number of benzene rings is 4. The molecular formula is C31H31N3O2. The van der Waals surface area contributed by atoms with E-state index in [0.717, 1.165) is 47.1 Å². The van der Waals surface area contributed by atoms with Gasteiger partial charge in [-0.15, -0.1) is 0 Å².